The van der Waals surface area contributed by atoms with Gasteiger partial charge in [-0.05, 0) is 68.7 Å². The number of aromatic nitrogens is 4. The number of nitrogens with one attached hydrogen (secondary N) is 2. The Morgan fingerprint density at radius 2 is 1.76 bits per heavy atom. The Kier molecular flexibility index (Phi) is 12.9. The van der Waals surface area contributed by atoms with Crippen molar-refractivity contribution >= 4 is 58.4 Å². The zero-order valence-corrected chi connectivity index (χ0v) is 35.8. The van der Waals surface area contributed by atoms with Crippen LogP contribution in [-0.2, 0) is 29.7 Å². The van der Waals surface area contributed by atoms with E-state index < -0.39 is 17.9 Å². The van der Waals surface area contributed by atoms with Crippen LogP contribution in [0.4, 0.5) is 5.69 Å². The number of fused-ring (bicyclic) bond motifs is 2. The summed E-state index contributed by atoms with van der Waals surface area (Å²) in [5.41, 5.74) is 3.19. The number of methoxy groups -OCH3 is 1. The molecule has 3 aliphatic heterocycles. The second-order valence-corrected chi connectivity index (χ2v) is 15.9. The topological polar surface area (TPSA) is 178 Å². The number of rotatable bonds is 9. The van der Waals surface area contributed by atoms with Gasteiger partial charge in [-0.25, -0.2) is 9.97 Å². The third-order valence-corrected chi connectivity index (χ3v) is 11.0. The summed E-state index contributed by atoms with van der Waals surface area (Å²) in [6, 6.07) is 17.0. The Hall–Kier alpha value is -6.76. The van der Waals surface area contributed by atoms with Crippen LogP contribution in [0.15, 0.2) is 77.9 Å². The molecule has 6 heterocycles. The van der Waals surface area contributed by atoms with E-state index in [9.17, 15) is 28.8 Å². The molecule has 15 nitrogen and oxygen atoms in total. The van der Waals surface area contributed by atoms with Crippen LogP contribution in [0.25, 0.3) is 11.4 Å². The number of imidazole rings is 1. The standard InChI is InChI=1S/C39H37ClN8O7.C6H5Cl/c1-21(2)48-30-20-47(29-16-24(40)18-45(3)38(29)53)39(54)32(30)44-33(48)26-15-23(17-42-36(26)55-4)34(50)41-14-7-5-6-9-22-10-8-11-25-27(22)19-46(37(25)52)28-12-13-31(49)43-35(28)51;7-6-4-2-1-3-5-6/h8,10-11,15-18,21,28H,5,7,12-14,19-20H2,1-4H3,(H,41,50)(H,43,49,51);1-5H. The average Bonchev–Trinajstić information content (AvgIpc) is 3.90. The van der Waals surface area contributed by atoms with Crippen LogP contribution >= 0.6 is 23.2 Å². The lowest BCUT2D eigenvalue weighted by Gasteiger charge is -2.29. The fraction of sp³-hybridized carbons (Fsp3) is 0.289. The predicted octanol–water partition coefficient (Wildman–Crippen LogP) is 5.71. The number of unbranched alkanes of at least 4 members (excludes halogenated alkanes) is 1. The van der Waals surface area contributed by atoms with Crippen LogP contribution in [-0.4, -0.2) is 73.2 Å². The lowest BCUT2D eigenvalue weighted by atomic mass is 10.0. The molecule has 3 aromatic heterocycles. The minimum atomic E-state index is -0.703. The number of pyridine rings is 2. The van der Waals surface area contributed by atoms with E-state index in [0.717, 1.165) is 10.6 Å². The average molecular weight is 878 g/mol. The number of carbonyl (C=O) groups is 5. The summed E-state index contributed by atoms with van der Waals surface area (Å²) in [4.78, 5) is 89.0. The fourth-order valence-corrected chi connectivity index (χ4v) is 7.98. The highest BCUT2D eigenvalue weighted by atomic mass is 35.5. The van der Waals surface area contributed by atoms with Crippen LogP contribution in [0.2, 0.25) is 10.0 Å². The van der Waals surface area contributed by atoms with Gasteiger partial charge in [0.05, 0.1) is 35.5 Å². The Balaban J connectivity index is 0.000000752. The van der Waals surface area contributed by atoms with E-state index in [4.69, 9.17) is 32.9 Å². The van der Waals surface area contributed by atoms with Gasteiger partial charge < -0.3 is 24.1 Å². The van der Waals surface area contributed by atoms with Gasteiger partial charge in [0.25, 0.3) is 23.3 Å². The molecule has 1 unspecified atom stereocenters. The maximum atomic E-state index is 13.7. The number of benzene rings is 2. The monoisotopic (exact) mass is 876 g/mol. The Bertz CT molecular complexity index is 2740. The van der Waals surface area contributed by atoms with Crippen molar-refractivity contribution in [2.45, 2.75) is 64.7 Å². The molecule has 0 spiro atoms. The second-order valence-electron chi connectivity index (χ2n) is 15.0. The lowest BCUT2D eigenvalue weighted by molar-refractivity contribution is -0.136. The first-order valence-corrected chi connectivity index (χ1v) is 20.6. The molecular weight excluding hydrogens is 835 g/mol. The van der Waals surface area contributed by atoms with Gasteiger partial charge in [-0.15, -0.1) is 0 Å². The van der Waals surface area contributed by atoms with E-state index in [0.29, 0.717) is 52.6 Å². The van der Waals surface area contributed by atoms with Crippen molar-refractivity contribution < 1.29 is 28.7 Å². The smallest absolute Gasteiger partial charge is 0.279 e. The number of piperidine rings is 1. The predicted molar refractivity (Wildman–Crippen MR) is 232 cm³/mol. The molecule has 17 heteroatoms. The van der Waals surface area contributed by atoms with Gasteiger partial charge in [-0.3, -0.25) is 39.0 Å². The molecule has 1 saturated heterocycles. The Labute approximate surface area is 367 Å². The number of nitrogens with zero attached hydrogens (tertiary/aromatic N) is 6. The molecule has 2 aromatic carbocycles. The molecule has 5 aromatic rings. The number of amides is 5. The molecule has 8 rings (SSSR count). The first-order chi connectivity index (χ1) is 29.8. The van der Waals surface area contributed by atoms with Crippen LogP contribution in [0.1, 0.15) is 93.6 Å². The van der Waals surface area contributed by atoms with Crippen molar-refractivity contribution in [3.05, 3.63) is 127 Å². The summed E-state index contributed by atoms with van der Waals surface area (Å²) in [6.45, 7) is 4.54. The van der Waals surface area contributed by atoms with Gasteiger partial charge in [0.15, 0.2) is 5.69 Å². The quantitative estimate of drug-likeness (QED) is 0.107. The van der Waals surface area contributed by atoms with E-state index in [1.165, 1.54) is 39.9 Å². The number of halogens is 2. The molecule has 5 amide bonds. The number of aryl methyl sites for hydroxylation is 1. The fourth-order valence-electron chi connectivity index (χ4n) is 7.58. The van der Waals surface area contributed by atoms with Gasteiger partial charge >= 0.3 is 0 Å². The zero-order chi connectivity index (χ0) is 44.2. The van der Waals surface area contributed by atoms with Gasteiger partial charge in [-0.2, -0.15) is 0 Å². The van der Waals surface area contributed by atoms with Crippen molar-refractivity contribution in [2.24, 2.45) is 7.05 Å². The van der Waals surface area contributed by atoms with Crippen LogP contribution in [0.5, 0.6) is 5.88 Å². The van der Waals surface area contributed by atoms with Crippen LogP contribution < -0.4 is 25.8 Å². The number of hydrogen-bond donors (Lipinski definition) is 2. The molecule has 0 aliphatic carbocycles. The normalized spacial score (nSPS) is 15.4. The highest BCUT2D eigenvalue weighted by Gasteiger charge is 2.40. The molecule has 1 fully saturated rings. The minimum absolute atomic E-state index is 0.0966. The first kappa shape index (κ1) is 43.3. The molecular formula is C45H42Cl2N8O7. The van der Waals surface area contributed by atoms with E-state index in [1.54, 1.807) is 25.2 Å². The molecule has 318 valence electrons. The lowest BCUT2D eigenvalue weighted by Crippen LogP contribution is -2.52. The third kappa shape index (κ3) is 8.83. The van der Waals surface area contributed by atoms with Crippen molar-refractivity contribution in [2.75, 3.05) is 18.6 Å². The van der Waals surface area contributed by atoms with E-state index in [2.05, 4.69) is 27.5 Å². The van der Waals surface area contributed by atoms with Gasteiger partial charge in [0.1, 0.15) is 17.6 Å². The maximum Gasteiger partial charge on any atom is 0.279 e. The van der Waals surface area contributed by atoms with Crippen LogP contribution in [0, 0.1) is 11.8 Å². The largest absolute Gasteiger partial charge is 0.480 e. The number of carbonyl (C=O) groups excluding carboxylic acids is 5. The third-order valence-electron chi connectivity index (χ3n) is 10.6. The highest BCUT2D eigenvalue weighted by Crippen LogP contribution is 2.37. The van der Waals surface area contributed by atoms with Crippen molar-refractivity contribution in [1.82, 2.24) is 34.6 Å². The second kappa shape index (κ2) is 18.5. The van der Waals surface area contributed by atoms with Crippen molar-refractivity contribution in [3.8, 4) is 29.1 Å². The number of hydrogen-bond acceptors (Lipinski definition) is 9. The Morgan fingerprint density at radius 1 is 0.984 bits per heavy atom. The summed E-state index contributed by atoms with van der Waals surface area (Å²) in [6.07, 6.45) is 4.36. The highest BCUT2D eigenvalue weighted by molar-refractivity contribution is 6.31. The van der Waals surface area contributed by atoms with E-state index >= 15 is 0 Å². The van der Waals surface area contributed by atoms with E-state index in [1.807, 2.05) is 54.8 Å². The van der Waals surface area contributed by atoms with Crippen LogP contribution in [0.3, 0.4) is 0 Å². The van der Waals surface area contributed by atoms with Crippen molar-refractivity contribution in [1.29, 1.82) is 0 Å². The Morgan fingerprint density at radius 3 is 2.45 bits per heavy atom. The zero-order valence-electron chi connectivity index (χ0n) is 34.3. The van der Waals surface area contributed by atoms with Gasteiger partial charge in [0.2, 0.25) is 17.7 Å². The number of anilines is 1. The molecule has 2 N–H and O–H groups in total. The van der Waals surface area contributed by atoms with Gasteiger partial charge in [0, 0.05) is 67.6 Å². The summed E-state index contributed by atoms with van der Waals surface area (Å²) in [5, 5.41) is 6.32. The number of ether oxygens (including phenoxy) is 1. The minimum Gasteiger partial charge on any atom is -0.480 e. The molecule has 62 heavy (non-hydrogen) atoms. The van der Waals surface area contributed by atoms with E-state index in [-0.39, 0.29) is 78.1 Å². The molecule has 3 aliphatic rings. The summed E-state index contributed by atoms with van der Waals surface area (Å²) in [5.74, 6) is 5.01. The molecule has 0 radical (unpaired) electrons. The molecule has 0 saturated carbocycles. The molecule has 0 bridgehead atoms. The summed E-state index contributed by atoms with van der Waals surface area (Å²) < 4.78 is 8.76. The summed E-state index contributed by atoms with van der Waals surface area (Å²) in [7, 11) is 3.02. The first-order valence-electron chi connectivity index (χ1n) is 19.8. The molecule has 1 atom stereocenters. The summed E-state index contributed by atoms with van der Waals surface area (Å²) >= 11 is 11.8. The SMILES string of the molecule is COc1ncc(C(=O)NCCCC#Cc2cccc3c2CN(C2CCC(=O)NC2=O)C3=O)cc1-c1nc2c(n1C(C)C)CN(c1cc(Cl)cn(C)c1=O)C2=O.Clc1ccccc1. The van der Waals surface area contributed by atoms with Gasteiger partial charge in [-0.1, -0.05) is 59.3 Å². The number of imide groups is 1. The maximum absolute atomic E-state index is 13.7. The van der Waals surface area contributed by atoms with Crippen molar-refractivity contribution in [3.63, 3.8) is 0 Å².